The van der Waals surface area contributed by atoms with E-state index in [2.05, 4.69) is 10.6 Å². The van der Waals surface area contributed by atoms with Crippen LogP contribution in [0.5, 0.6) is 0 Å². The topological polar surface area (TPSA) is 41.1 Å². The van der Waals surface area contributed by atoms with Gasteiger partial charge in [0.2, 0.25) is 5.91 Å². The van der Waals surface area contributed by atoms with Gasteiger partial charge in [0.25, 0.3) is 0 Å². The lowest BCUT2D eigenvalue weighted by molar-refractivity contribution is -0.186. The molecule has 1 spiro atoms. The quantitative estimate of drug-likeness (QED) is 0.835. The molecule has 2 N–H and O–H groups in total. The third-order valence-electron chi connectivity index (χ3n) is 4.79. The van der Waals surface area contributed by atoms with E-state index in [1.54, 1.807) is 0 Å². The van der Waals surface area contributed by atoms with Gasteiger partial charge in [-0.3, -0.25) is 4.79 Å². The molecule has 1 aliphatic heterocycles. The van der Waals surface area contributed by atoms with Gasteiger partial charge < -0.3 is 10.6 Å². The molecule has 7 heteroatoms. The van der Waals surface area contributed by atoms with Gasteiger partial charge in [-0.05, 0) is 31.1 Å². The molecule has 1 amide bonds. The van der Waals surface area contributed by atoms with Crippen LogP contribution in [0.3, 0.4) is 0 Å². The number of carbonyl (C=O) groups excluding carboxylic acids is 1. The molecular weight excluding hydrogens is 281 g/mol. The Hall–Kier alpha value is -0.490. The van der Waals surface area contributed by atoms with Crippen molar-refractivity contribution < 1.29 is 18.0 Å². The minimum absolute atomic E-state index is 0. The van der Waals surface area contributed by atoms with E-state index in [1.165, 1.54) is 0 Å². The van der Waals surface area contributed by atoms with Crippen molar-refractivity contribution in [3.63, 3.8) is 0 Å². The highest BCUT2D eigenvalue weighted by molar-refractivity contribution is 5.85. The summed E-state index contributed by atoms with van der Waals surface area (Å²) < 4.78 is 38.0. The van der Waals surface area contributed by atoms with Gasteiger partial charge >= 0.3 is 6.18 Å². The summed E-state index contributed by atoms with van der Waals surface area (Å²) in [6.45, 7) is 1.66. The summed E-state index contributed by atoms with van der Waals surface area (Å²) in [4.78, 5) is 11.8. The Bertz CT molecular complexity index is 370. The standard InChI is InChI=1S/C12H17F3N2O.ClH/c13-12(14,15)11(1-2-11)7-17-9(18)8-3-10(4-8)5-16-6-10;/h8,16H,1-7H2,(H,17,18);1H. The highest BCUT2D eigenvalue weighted by Gasteiger charge is 2.63. The van der Waals surface area contributed by atoms with Crippen molar-refractivity contribution in [3.05, 3.63) is 0 Å². The van der Waals surface area contributed by atoms with E-state index in [1.807, 2.05) is 0 Å². The van der Waals surface area contributed by atoms with Crippen LogP contribution < -0.4 is 10.6 Å². The minimum atomic E-state index is -4.18. The Labute approximate surface area is 116 Å². The molecule has 0 atom stereocenters. The molecule has 3 fully saturated rings. The van der Waals surface area contributed by atoms with Crippen LogP contribution in [0.2, 0.25) is 0 Å². The summed E-state index contributed by atoms with van der Waals surface area (Å²) in [5.74, 6) is -0.265. The summed E-state index contributed by atoms with van der Waals surface area (Å²) in [7, 11) is 0. The number of carbonyl (C=O) groups is 1. The summed E-state index contributed by atoms with van der Waals surface area (Å²) in [5, 5.41) is 5.67. The number of alkyl halides is 3. The fraction of sp³-hybridized carbons (Fsp3) is 0.917. The van der Waals surface area contributed by atoms with Crippen LogP contribution in [-0.4, -0.2) is 31.7 Å². The van der Waals surface area contributed by atoms with Gasteiger partial charge in [0.15, 0.2) is 0 Å². The monoisotopic (exact) mass is 298 g/mol. The summed E-state index contributed by atoms with van der Waals surface area (Å²) in [6.07, 6.45) is -2.24. The normalized spacial score (nSPS) is 26.9. The molecule has 0 aromatic rings. The molecular formula is C12H18ClF3N2O. The van der Waals surface area contributed by atoms with Crippen LogP contribution in [0, 0.1) is 16.7 Å². The van der Waals surface area contributed by atoms with Crippen LogP contribution in [0.25, 0.3) is 0 Å². The van der Waals surface area contributed by atoms with Crippen LogP contribution in [-0.2, 0) is 4.79 Å². The molecule has 3 nitrogen and oxygen atoms in total. The number of nitrogens with one attached hydrogen (secondary N) is 2. The average molecular weight is 299 g/mol. The maximum absolute atomic E-state index is 12.7. The zero-order chi connectivity index (χ0) is 13.0. The van der Waals surface area contributed by atoms with Gasteiger partial charge in [0, 0.05) is 25.6 Å². The lowest BCUT2D eigenvalue weighted by Crippen LogP contribution is -2.62. The van der Waals surface area contributed by atoms with Crippen molar-refractivity contribution in [3.8, 4) is 0 Å². The van der Waals surface area contributed by atoms with E-state index in [4.69, 9.17) is 0 Å². The second-order valence-corrected chi connectivity index (χ2v) is 6.20. The fourth-order valence-electron chi connectivity index (χ4n) is 3.05. The number of rotatable bonds is 3. The molecule has 2 aliphatic carbocycles. The van der Waals surface area contributed by atoms with Crippen molar-refractivity contribution in [1.29, 1.82) is 0 Å². The van der Waals surface area contributed by atoms with Gasteiger partial charge in [0.05, 0.1) is 5.41 Å². The summed E-state index contributed by atoms with van der Waals surface area (Å²) in [5.41, 5.74) is -1.34. The maximum atomic E-state index is 12.7. The van der Waals surface area contributed by atoms with Gasteiger partial charge in [-0.15, -0.1) is 12.4 Å². The second kappa shape index (κ2) is 4.52. The third-order valence-corrected chi connectivity index (χ3v) is 4.79. The predicted molar refractivity (Wildman–Crippen MR) is 66.0 cm³/mol. The summed E-state index contributed by atoms with van der Waals surface area (Å²) >= 11 is 0. The number of hydrogen-bond donors (Lipinski definition) is 2. The van der Waals surface area contributed by atoms with Gasteiger partial charge in [-0.1, -0.05) is 0 Å². The van der Waals surface area contributed by atoms with E-state index >= 15 is 0 Å². The van der Waals surface area contributed by atoms with Crippen molar-refractivity contribution in [1.82, 2.24) is 10.6 Å². The van der Waals surface area contributed by atoms with Crippen molar-refractivity contribution in [2.24, 2.45) is 16.7 Å². The largest absolute Gasteiger partial charge is 0.396 e. The van der Waals surface area contributed by atoms with Gasteiger partial charge in [-0.25, -0.2) is 0 Å². The zero-order valence-electron chi connectivity index (χ0n) is 10.5. The van der Waals surface area contributed by atoms with Crippen molar-refractivity contribution >= 4 is 18.3 Å². The first kappa shape index (κ1) is 14.9. The molecule has 3 rings (SSSR count). The lowest BCUT2D eigenvalue weighted by Gasteiger charge is -2.53. The lowest BCUT2D eigenvalue weighted by atomic mass is 9.58. The Morgan fingerprint density at radius 1 is 1.26 bits per heavy atom. The summed E-state index contributed by atoms with van der Waals surface area (Å²) in [6, 6.07) is 0. The average Bonchev–Trinajstić information content (AvgIpc) is 2.89. The van der Waals surface area contributed by atoms with Crippen LogP contribution in [0.4, 0.5) is 13.2 Å². The Morgan fingerprint density at radius 3 is 2.21 bits per heavy atom. The second-order valence-electron chi connectivity index (χ2n) is 6.20. The number of halogens is 4. The molecule has 1 saturated heterocycles. The molecule has 0 aromatic carbocycles. The van der Waals surface area contributed by atoms with Gasteiger partial charge in [-0.2, -0.15) is 13.2 Å². The molecule has 3 aliphatic rings. The minimum Gasteiger partial charge on any atom is -0.355 e. The Morgan fingerprint density at radius 2 is 1.84 bits per heavy atom. The third kappa shape index (κ3) is 2.44. The molecule has 1 heterocycles. The smallest absolute Gasteiger partial charge is 0.355 e. The van der Waals surface area contributed by atoms with E-state index in [-0.39, 0.29) is 49.0 Å². The van der Waals surface area contributed by atoms with Crippen molar-refractivity contribution in [2.45, 2.75) is 31.9 Å². The number of amides is 1. The SMILES string of the molecule is Cl.O=C(NCC1(C(F)(F)F)CC1)C1CC2(CNC2)C1. The van der Waals surface area contributed by atoms with Crippen LogP contribution in [0.15, 0.2) is 0 Å². The molecule has 0 aromatic heterocycles. The highest BCUT2D eigenvalue weighted by Crippen LogP contribution is 2.57. The van der Waals surface area contributed by atoms with E-state index < -0.39 is 11.6 Å². The first-order chi connectivity index (χ1) is 8.36. The molecule has 19 heavy (non-hydrogen) atoms. The zero-order valence-corrected chi connectivity index (χ0v) is 11.3. The van der Waals surface area contributed by atoms with E-state index in [0.717, 1.165) is 25.9 Å². The van der Waals surface area contributed by atoms with Crippen LogP contribution in [0.1, 0.15) is 25.7 Å². The molecule has 0 unspecified atom stereocenters. The Kier molecular flexibility index (Phi) is 3.54. The fourth-order valence-corrected chi connectivity index (χ4v) is 3.05. The number of hydrogen-bond acceptors (Lipinski definition) is 2. The van der Waals surface area contributed by atoms with E-state index in [0.29, 0.717) is 0 Å². The first-order valence-electron chi connectivity index (χ1n) is 6.41. The molecule has 0 radical (unpaired) electrons. The van der Waals surface area contributed by atoms with Crippen LogP contribution >= 0.6 is 12.4 Å². The molecule has 110 valence electrons. The first-order valence-corrected chi connectivity index (χ1v) is 6.41. The maximum Gasteiger partial charge on any atom is 0.396 e. The van der Waals surface area contributed by atoms with Crippen molar-refractivity contribution in [2.75, 3.05) is 19.6 Å². The highest BCUT2D eigenvalue weighted by atomic mass is 35.5. The van der Waals surface area contributed by atoms with E-state index in [9.17, 15) is 18.0 Å². The van der Waals surface area contributed by atoms with Gasteiger partial charge in [0.1, 0.15) is 0 Å². The molecule has 2 saturated carbocycles. The Balaban J connectivity index is 0.00000133. The molecule has 0 bridgehead atoms. The predicted octanol–water partition coefficient (Wildman–Crippen LogP) is 1.87.